The highest BCUT2D eigenvalue weighted by atomic mass is 16.5. The fourth-order valence-electron chi connectivity index (χ4n) is 2.17. The number of carbonyl (C=O) groups excluding carboxylic acids is 1. The number of carbonyl (C=O) groups is 1. The van der Waals surface area contributed by atoms with Crippen LogP contribution in [0.3, 0.4) is 0 Å². The molecule has 0 unspecified atom stereocenters. The molecule has 1 aromatic rings. The molecule has 0 aromatic heterocycles. The Labute approximate surface area is 112 Å². The topological polar surface area (TPSA) is 68.0 Å². The summed E-state index contributed by atoms with van der Waals surface area (Å²) in [6.07, 6.45) is -0.269. The molecule has 1 aromatic carbocycles. The normalized spacial score (nSPS) is 15.3. The van der Waals surface area contributed by atoms with Gasteiger partial charge in [-0.25, -0.2) is 4.79 Å². The Morgan fingerprint density at radius 3 is 2.47 bits per heavy atom. The standard InChI is InChI=1S/C13H19N3O3/c1-18-12-9-10(3-4-11(12)14)15-5-7-16(8-6-15)13(17)19-2/h3-4,9H,5-8,14H2,1-2H3. The van der Waals surface area contributed by atoms with Crippen LogP contribution in [0, 0.1) is 0 Å². The average molecular weight is 265 g/mol. The van der Waals surface area contributed by atoms with E-state index in [0.717, 1.165) is 18.8 Å². The molecule has 6 nitrogen and oxygen atoms in total. The van der Waals surface area contributed by atoms with E-state index in [4.69, 9.17) is 15.2 Å². The SMILES string of the molecule is COC(=O)N1CCN(c2ccc(N)c(OC)c2)CC1. The molecule has 1 heterocycles. The van der Waals surface area contributed by atoms with Crippen LogP contribution < -0.4 is 15.4 Å². The van der Waals surface area contributed by atoms with Gasteiger partial charge in [0.15, 0.2) is 0 Å². The molecule has 104 valence electrons. The molecule has 1 amide bonds. The maximum atomic E-state index is 11.4. The van der Waals surface area contributed by atoms with Crippen molar-refractivity contribution in [1.82, 2.24) is 4.90 Å². The van der Waals surface area contributed by atoms with Gasteiger partial charge in [0.1, 0.15) is 5.75 Å². The molecule has 0 saturated carbocycles. The second kappa shape index (κ2) is 5.69. The number of nitrogen functional groups attached to an aromatic ring is 1. The van der Waals surface area contributed by atoms with Crippen molar-refractivity contribution in [3.05, 3.63) is 18.2 Å². The van der Waals surface area contributed by atoms with Crippen molar-refractivity contribution in [3.8, 4) is 5.75 Å². The van der Waals surface area contributed by atoms with E-state index in [1.165, 1.54) is 7.11 Å². The van der Waals surface area contributed by atoms with E-state index in [2.05, 4.69) is 4.90 Å². The van der Waals surface area contributed by atoms with Crippen LogP contribution in [0.2, 0.25) is 0 Å². The van der Waals surface area contributed by atoms with E-state index in [1.54, 1.807) is 12.0 Å². The number of nitrogens with two attached hydrogens (primary N) is 1. The summed E-state index contributed by atoms with van der Waals surface area (Å²) in [5, 5.41) is 0. The molecular formula is C13H19N3O3. The quantitative estimate of drug-likeness (QED) is 0.813. The first-order valence-electron chi connectivity index (χ1n) is 6.17. The third kappa shape index (κ3) is 2.83. The first kappa shape index (κ1) is 13.3. The average Bonchev–Trinajstić information content (AvgIpc) is 2.47. The fraction of sp³-hybridized carbons (Fsp3) is 0.462. The van der Waals surface area contributed by atoms with Crippen LogP contribution in [-0.4, -0.2) is 51.4 Å². The summed E-state index contributed by atoms with van der Waals surface area (Å²) in [5.41, 5.74) is 7.47. The lowest BCUT2D eigenvalue weighted by Gasteiger charge is -2.35. The number of ether oxygens (including phenoxy) is 2. The van der Waals surface area contributed by atoms with E-state index in [-0.39, 0.29) is 6.09 Å². The van der Waals surface area contributed by atoms with Crippen LogP contribution in [-0.2, 0) is 4.74 Å². The van der Waals surface area contributed by atoms with Gasteiger partial charge in [-0.2, -0.15) is 0 Å². The summed E-state index contributed by atoms with van der Waals surface area (Å²) in [4.78, 5) is 15.3. The number of hydrogen-bond acceptors (Lipinski definition) is 5. The van der Waals surface area contributed by atoms with Crippen molar-refractivity contribution >= 4 is 17.5 Å². The van der Waals surface area contributed by atoms with Crippen molar-refractivity contribution in [2.75, 3.05) is 51.0 Å². The van der Waals surface area contributed by atoms with Crippen molar-refractivity contribution in [2.24, 2.45) is 0 Å². The zero-order valence-corrected chi connectivity index (χ0v) is 11.3. The van der Waals surface area contributed by atoms with E-state index >= 15 is 0 Å². The molecule has 0 atom stereocenters. The fourth-order valence-corrected chi connectivity index (χ4v) is 2.17. The van der Waals surface area contributed by atoms with Gasteiger partial charge < -0.3 is 25.0 Å². The first-order valence-corrected chi connectivity index (χ1v) is 6.17. The lowest BCUT2D eigenvalue weighted by atomic mass is 10.2. The van der Waals surface area contributed by atoms with E-state index in [1.807, 2.05) is 18.2 Å². The van der Waals surface area contributed by atoms with E-state index < -0.39 is 0 Å². The molecule has 1 aliphatic rings. The van der Waals surface area contributed by atoms with Crippen LogP contribution in [0.15, 0.2) is 18.2 Å². The highest BCUT2D eigenvalue weighted by molar-refractivity contribution is 5.68. The van der Waals surface area contributed by atoms with Crippen LogP contribution in [0.4, 0.5) is 16.2 Å². The van der Waals surface area contributed by atoms with Gasteiger partial charge in [-0.3, -0.25) is 0 Å². The number of amides is 1. The van der Waals surface area contributed by atoms with Gasteiger partial charge in [-0.05, 0) is 12.1 Å². The summed E-state index contributed by atoms with van der Waals surface area (Å²) in [6, 6.07) is 5.72. The smallest absolute Gasteiger partial charge is 0.409 e. The second-order valence-corrected chi connectivity index (χ2v) is 4.37. The second-order valence-electron chi connectivity index (χ2n) is 4.37. The summed E-state index contributed by atoms with van der Waals surface area (Å²) < 4.78 is 9.93. The van der Waals surface area contributed by atoms with E-state index in [0.29, 0.717) is 24.5 Å². The third-order valence-corrected chi connectivity index (χ3v) is 3.29. The predicted molar refractivity (Wildman–Crippen MR) is 73.6 cm³/mol. The molecule has 0 spiro atoms. The van der Waals surface area contributed by atoms with Crippen LogP contribution in [0.5, 0.6) is 5.75 Å². The molecule has 1 saturated heterocycles. The number of rotatable bonds is 2. The Morgan fingerprint density at radius 2 is 1.89 bits per heavy atom. The highest BCUT2D eigenvalue weighted by Gasteiger charge is 2.21. The number of hydrogen-bond donors (Lipinski definition) is 1. The van der Waals surface area contributed by atoms with Gasteiger partial charge in [0.25, 0.3) is 0 Å². The van der Waals surface area contributed by atoms with Gasteiger partial charge in [0.05, 0.1) is 19.9 Å². The summed E-state index contributed by atoms with van der Waals surface area (Å²) >= 11 is 0. The number of nitrogens with zero attached hydrogens (tertiary/aromatic N) is 2. The molecule has 6 heteroatoms. The lowest BCUT2D eigenvalue weighted by Crippen LogP contribution is -2.48. The Bertz CT molecular complexity index is 456. The van der Waals surface area contributed by atoms with Gasteiger partial charge in [0, 0.05) is 37.9 Å². The van der Waals surface area contributed by atoms with E-state index in [9.17, 15) is 4.79 Å². The number of benzene rings is 1. The first-order chi connectivity index (χ1) is 9.15. The van der Waals surface area contributed by atoms with Crippen LogP contribution in [0.1, 0.15) is 0 Å². The lowest BCUT2D eigenvalue weighted by molar-refractivity contribution is 0.121. The maximum absolute atomic E-state index is 11.4. The Morgan fingerprint density at radius 1 is 1.21 bits per heavy atom. The number of piperazine rings is 1. The van der Waals surface area contributed by atoms with Crippen molar-refractivity contribution in [1.29, 1.82) is 0 Å². The minimum Gasteiger partial charge on any atom is -0.495 e. The minimum atomic E-state index is -0.269. The van der Waals surface area contributed by atoms with Crippen molar-refractivity contribution in [2.45, 2.75) is 0 Å². The Balaban J connectivity index is 2.03. The molecule has 1 aliphatic heterocycles. The molecule has 2 rings (SSSR count). The van der Waals surface area contributed by atoms with Crippen molar-refractivity contribution < 1.29 is 14.3 Å². The Hall–Kier alpha value is -2.11. The van der Waals surface area contributed by atoms with Crippen LogP contribution in [0.25, 0.3) is 0 Å². The monoisotopic (exact) mass is 265 g/mol. The molecule has 1 fully saturated rings. The molecule has 0 radical (unpaired) electrons. The van der Waals surface area contributed by atoms with Gasteiger partial charge in [0.2, 0.25) is 0 Å². The maximum Gasteiger partial charge on any atom is 0.409 e. The molecular weight excluding hydrogens is 246 g/mol. The van der Waals surface area contributed by atoms with Gasteiger partial charge in [-0.1, -0.05) is 0 Å². The largest absolute Gasteiger partial charge is 0.495 e. The van der Waals surface area contributed by atoms with Gasteiger partial charge in [-0.15, -0.1) is 0 Å². The van der Waals surface area contributed by atoms with Crippen molar-refractivity contribution in [3.63, 3.8) is 0 Å². The third-order valence-electron chi connectivity index (χ3n) is 3.29. The highest BCUT2D eigenvalue weighted by Crippen LogP contribution is 2.27. The molecule has 0 bridgehead atoms. The number of anilines is 2. The molecule has 19 heavy (non-hydrogen) atoms. The zero-order chi connectivity index (χ0) is 13.8. The zero-order valence-electron chi connectivity index (χ0n) is 11.3. The Kier molecular flexibility index (Phi) is 3.99. The molecule has 0 aliphatic carbocycles. The van der Waals surface area contributed by atoms with Crippen LogP contribution >= 0.6 is 0 Å². The number of methoxy groups -OCH3 is 2. The summed E-state index contributed by atoms with van der Waals surface area (Å²) in [6.45, 7) is 2.84. The van der Waals surface area contributed by atoms with Gasteiger partial charge >= 0.3 is 6.09 Å². The predicted octanol–water partition coefficient (Wildman–Crippen LogP) is 1.17. The summed E-state index contributed by atoms with van der Waals surface area (Å²) in [5.74, 6) is 0.674. The minimum absolute atomic E-state index is 0.269. The summed E-state index contributed by atoms with van der Waals surface area (Å²) in [7, 11) is 3.00. The molecule has 2 N–H and O–H groups in total.